The van der Waals surface area contributed by atoms with Gasteiger partial charge in [-0.1, -0.05) is 42.5 Å². The Hall–Kier alpha value is -2.73. The number of hydrogen-bond acceptors (Lipinski definition) is 4. The van der Waals surface area contributed by atoms with Crippen molar-refractivity contribution in [2.24, 2.45) is 0 Å². The van der Waals surface area contributed by atoms with Crippen LogP contribution in [0.25, 0.3) is 10.8 Å². The average molecular weight is 340 g/mol. The highest BCUT2D eigenvalue weighted by Gasteiger charge is 2.09. The maximum absolute atomic E-state index is 12.1. The number of nitrogens with one attached hydrogen (secondary N) is 1. The Balaban J connectivity index is 1.70. The third-order valence-electron chi connectivity index (χ3n) is 3.58. The van der Waals surface area contributed by atoms with Crippen LogP contribution in [0.15, 0.2) is 65.8 Å². The van der Waals surface area contributed by atoms with Gasteiger partial charge in [0.1, 0.15) is 0 Å². The summed E-state index contributed by atoms with van der Waals surface area (Å²) < 4.78 is 22.7. The van der Waals surface area contributed by atoms with Crippen molar-refractivity contribution in [2.75, 3.05) is 11.6 Å². The summed E-state index contributed by atoms with van der Waals surface area (Å²) in [7, 11) is -3.34. The molecular formula is C18H16N2O3S. The zero-order chi connectivity index (χ0) is 17.2. The molecule has 6 heteroatoms. The molecule has 0 aliphatic carbocycles. The second-order valence-corrected chi connectivity index (χ2v) is 7.53. The van der Waals surface area contributed by atoms with Gasteiger partial charge in [0.25, 0.3) is 0 Å². The van der Waals surface area contributed by atoms with E-state index < -0.39 is 9.84 Å². The van der Waals surface area contributed by atoms with Crippen LogP contribution < -0.4 is 5.32 Å². The van der Waals surface area contributed by atoms with Gasteiger partial charge < -0.3 is 5.32 Å². The molecule has 0 unspecified atom stereocenters. The number of pyridine rings is 1. The summed E-state index contributed by atoms with van der Waals surface area (Å²) in [6.07, 6.45) is 2.67. The van der Waals surface area contributed by atoms with E-state index in [-0.39, 0.29) is 17.4 Å². The second kappa shape index (κ2) is 6.41. The van der Waals surface area contributed by atoms with Crippen molar-refractivity contribution in [3.05, 3.63) is 66.4 Å². The quantitative estimate of drug-likeness (QED) is 0.792. The van der Waals surface area contributed by atoms with Gasteiger partial charge in [-0.2, -0.15) is 0 Å². The number of hydrogen-bond donors (Lipinski definition) is 1. The lowest BCUT2D eigenvalue weighted by molar-refractivity contribution is -0.115. The highest BCUT2D eigenvalue weighted by Crippen LogP contribution is 2.16. The molecule has 0 fully saturated rings. The van der Waals surface area contributed by atoms with Crippen molar-refractivity contribution in [2.45, 2.75) is 11.4 Å². The summed E-state index contributed by atoms with van der Waals surface area (Å²) in [5.74, 6) is -0.181. The third kappa shape index (κ3) is 3.78. The van der Waals surface area contributed by atoms with Gasteiger partial charge in [0.2, 0.25) is 5.91 Å². The van der Waals surface area contributed by atoms with Crippen molar-refractivity contribution in [1.29, 1.82) is 0 Å². The highest BCUT2D eigenvalue weighted by atomic mass is 32.2. The monoisotopic (exact) mass is 340 g/mol. The first-order chi connectivity index (χ1) is 11.4. The number of benzene rings is 2. The molecule has 1 aromatic heterocycles. The fraction of sp³-hybridized carbons (Fsp3) is 0.111. The normalized spacial score (nSPS) is 11.4. The average Bonchev–Trinajstić information content (AvgIpc) is 2.54. The Morgan fingerprint density at radius 1 is 1.04 bits per heavy atom. The van der Waals surface area contributed by atoms with E-state index in [0.29, 0.717) is 5.69 Å². The maximum atomic E-state index is 12.1. The van der Waals surface area contributed by atoms with Crippen molar-refractivity contribution in [3.63, 3.8) is 0 Å². The van der Waals surface area contributed by atoms with Gasteiger partial charge >= 0.3 is 0 Å². The number of nitrogens with zero attached hydrogens (tertiary/aromatic N) is 1. The summed E-state index contributed by atoms with van der Waals surface area (Å²) >= 11 is 0. The first-order valence-corrected chi connectivity index (χ1v) is 9.24. The number of carbonyl (C=O) groups excluding carboxylic acids is 1. The molecule has 0 atom stereocenters. The van der Waals surface area contributed by atoms with Crippen LogP contribution in [-0.2, 0) is 21.1 Å². The van der Waals surface area contributed by atoms with Crippen molar-refractivity contribution < 1.29 is 13.2 Å². The van der Waals surface area contributed by atoms with E-state index in [1.807, 2.05) is 42.5 Å². The highest BCUT2D eigenvalue weighted by molar-refractivity contribution is 7.90. The minimum absolute atomic E-state index is 0.0185. The Morgan fingerprint density at radius 3 is 2.46 bits per heavy atom. The first kappa shape index (κ1) is 16.1. The van der Waals surface area contributed by atoms with Crippen molar-refractivity contribution in [1.82, 2.24) is 4.98 Å². The number of anilines is 1. The predicted molar refractivity (Wildman–Crippen MR) is 93.6 cm³/mol. The molecule has 3 rings (SSSR count). The number of amides is 1. The molecule has 0 aliphatic rings. The van der Waals surface area contributed by atoms with Gasteiger partial charge in [-0.3, -0.25) is 4.79 Å². The molecule has 0 radical (unpaired) electrons. The fourth-order valence-electron chi connectivity index (χ4n) is 2.41. The van der Waals surface area contributed by atoms with E-state index in [4.69, 9.17) is 0 Å². The summed E-state index contributed by atoms with van der Waals surface area (Å²) in [6, 6.07) is 16.8. The molecular weight excluding hydrogens is 324 g/mol. The van der Waals surface area contributed by atoms with E-state index in [0.717, 1.165) is 22.6 Å². The molecule has 24 heavy (non-hydrogen) atoms. The van der Waals surface area contributed by atoms with Crippen LogP contribution in [0.1, 0.15) is 5.56 Å². The van der Waals surface area contributed by atoms with E-state index in [1.54, 1.807) is 0 Å². The zero-order valence-electron chi connectivity index (χ0n) is 13.1. The molecule has 3 aromatic rings. The lowest BCUT2D eigenvalue weighted by atomic mass is 10.0. The minimum atomic E-state index is -3.34. The van der Waals surface area contributed by atoms with E-state index in [1.165, 1.54) is 18.3 Å². The maximum Gasteiger partial charge on any atom is 0.228 e. The molecule has 1 heterocycles. The van der Waals surface area contributed by atoms with Crippen LogP contribution in [-0.4, -0.2) is 25.6 Å². The van der Waals surface area contributed by atoms with Gasteiger partial charge in [-0.05, 0) is 28.5 Å². The standard InChI is InChI=1S/C18H16N2O3S/c1-24(22,23)18-9-8-16(12-19-18)20-17(21)11-13-6-7-14-4-2-3-5-15(14)10-13/h2-10,12H,11H2,1H3,(H,20,21). The molecule has 0 saturated heterocycles. The summed E-state index contributed by atoms with van der Waals surface area (Å²) in [6.45, 7) is 0. The molecule has 122 valence electrons. The first-order valence-electron chi connectivity index (χ1n) is 7.35. The number of rotatable bonds is 4. The molecule has 1 amide bonds. The lowest BCUT2D eigenvalue weighted by Crippen LogP contribution is -2.14. The zero-order valence-corrected chi connectivity index (χ0v) is 13.9. The molecule has 0 bridgehead atoms. The van der Waals surface area contributed by atoms with Crippen LogP contribution in [0.2, 0.25) is 0 Å². The molecule has 2 aromatic carbocycles. The van der Waals surface area contributed by atoms with Gasteiger partial charge in [0, 0.05) is 6.26 Å². The Bertz CT molecular complexity index is 996. The van der Waals surface area contributed by atoms with E-state index in [9.17, 15) is 13.2 Å². The van der Waals surface area contributed by atoms with E-state index >= 15 is 0 Å². The predicted octanol–water partition coefficient (Wildman–Crippen LogP) is 2.82. The summed E-state index contributed by atoms with van der Waals surface area (Å²) in [4.78, 5) is 16.0. The topological polar surface area (TPSA) is 76.1 Å². The smallest absolute Gasteiger partial charge is 0.228 e. The van der Waals surface area contributed by atoms with Crippen LogP contribution in [0.3, 0.4) is 0 Å². The minimum Gasteiger partial charge on any atom is -0.324 e. The largest absolute Gasteiger partial charge is 0.324 e. The SMILES string of the molecule is CS(=O)(=O)c1ccc(NC(=O)Cc2ccc3ccccc3c2)cn1. The van der Waals surface area contributed by atoms with Gasteiger partial charge in [-0.25, -0.2) is 13.4 Å². The molecule has 1 N–H and O–H groups in total. The van der Waals surface area contributed by atoms with Crippen LogP contribution in [0.4, 0.5) is 5.69 Å². The number of sulfone groups is 1. The number of carbonyl (C=O) groups is 1. The molecule has 0 aliphatic heterocycles. The molecule has 0 saturated carbocycles. The van der Waals surface area contributed by atoms with Crippen LogP contribution in [0.5, 0.6) is 0 Å². The second-order valence-electron chi connectivity index (χ2n) is 5.56. The fourth-order valence-corrected chi connectivity index (χ4v) is 2.97. The number of fused-ring (bicyclic) bond motifs is 1. The third-order valence-corrected chi connectivity index (χ3v) is 4.58. The van der Waals surface area contributed by atoms with Gasteiger partial charge in [-0.15, -0.1) is 0 Å². The molecule has 5 nitrogen and oxygen atoms in total. The van der Waals surface area contributed by atoms with Crippen molar-refractivity contribution in [3.8, 4) is 0 Å². The van der Waals surface area contributed by atoms with Gasteiger partial charge in [0.15, 0.2) is 14.9 Å². The van der Waals surface area contributed by atoms with E-state index in [2.05, 4.69) is 10.3 Å². The number of aromatic nitrogens is 1. The van der Waals surface area contributed by atoms with Gasteiger partial charge in [0.05, 0.1) is 18.3 Å². The van der Waals surface area contributed by atoms with Crippen LogP contribution >= 0.6 is 0 Å². The summed E-state index contributed by atoms with van der Waals surface area (Å²) in [5, 5.41) is 4.91. The Labute approximate surface area is 140 Å². The lowest BCUT2D eigenvalue weighted by Gasteiger charge is -2.07. The Morgan fingerprint density at radius 2 is 1.79 bits per heavy atom. The Kier molecular flexibility index (Phi) is 4.31. The summed E-state index contributed by atoms with van der Waals surface area (Å²) in [5.41, 5.74) is 1.38. The molecule has 0 spiro atoms. The van der Waals surface area contributed by atoms with Crippen LogP contribution in [0, 0.1) is 0 Å². The van der Waals surface area contributed by atoms with Crippen molar-refractivity contribution >= 4 is 32.2 Å².